The van der Waals surface area contributed by atoms with Crippen molar-refractivity contribution in [2.75, 3.05) is 7.11 Å². The van der Waals surface area contributed by atoms with Gasteiger partial charge in [0.25, 0.3) is 5.88 Å². The van der Waals surface area contributed by atoms with E-state index < -0.39 is 12.3 Å². The molecule has 4 aromatic rings. The van der Waals surface area contributed by atoms with Crippen molar-refractivity contribution in [3.63, 3.8) is 0 Å². The Balaban J connectivity index is 1.82. The second kappa shape index (κ2) is 9.79. The Bertz CT molecular complexity index is 1260. The summed E-state index contributed by atoms with van der Waals surface area (Å²) >= 11 is 0. The number of hydrogen-bond acceptors (Lipinski definition) is 6. The van der Waals surface area contributed by atoms with Crippen LogP contribution in [0.2, 0.25) is 0 Å². The summed E-state index contributed by atoms with van der Waals surface area (Å²) in [7, 11) is 1.48. The van der Waals surface area contributed by atoms with E-state index in [1.807, 2.05) is 41.8 Å². The fraction of sp³-hybridized carbons (Fsp3) is 0.240. The highest BCUT2D eigenvalue weighted by molar-refractivity contribution is 5.89. The summed E-state index contributed by atoms with van der Waals surface area (Å²) in [6, 6.07) is 16.0. The second-order valence-corrected chi connectivity index (χ2v) is 7.58. The average molecular weight is 449 g/mol. The van der Waals surface area contributed by atoms with Gasteiger partial charge in [0.1, 0.15) is 17.9 Å². The molecule has 0 aliphatic heterocycles. The number of hydrogen-bond donors (Lipinski definition) is 0. The van der Waals surface area contributed by atoms with Crippen molar-refractivity contribution in [1.82, 2.24) is 14.8 Å². The smallest absolute Gasteiger partial charge is 0.305 e. The molecular weight excluding hydrogens is 425 g/mol. The normalized spacial score (nSPS) is 12.0. The lowest BCUT2D eigenvalue weighted by molar-refractivity contribution is -0.172. The van der Waals surface area contributed by atoms with Crippen LogP contribution in [0.5, 0.6) is 5.88 Å². The van der Waals surface area contributed by atoms with Crippen molar-refractivity contribution in [2.24, 2.45) is 0 Å². The number of halogens is 1. The van der Waals surface area contributed by atoms with E-state index in [1.54, 1.807) is 18.3 Å². The fourth-order valence-electron chi connectivity index (χ4n) is 3.80. The van der Waals surface area contributed by atoms with Crippen LogP contribution in [0.25, 0.3) is 10.9 Å². The molecular formula is C25H24FN3O4. The summed E-state index contributed by atoms with van der Waals surface area (Å²) in [5, 5.41) is 9.05. The highest BCUT2D eigenvalue weighted by Gasteiger charge is 2.27. The topological polar surface area (TPSA) is 75.5 Å². The van der Waals surface area contributed by atoms with Gasteiger partial charge in [-0.1, -0.05) is 42.5 Å². The Kier molecular flexibility index (Phi) is 6.65. The second-order valence-electron chi connectivity index (χ2n) is 7.58. The van der Waals surface area contributed by atoms with Crippen LogP contribution in [0.15, 0.2) is 60.8 Å². The summed E-state index contributed by atoms with van der Waals surface area (Å²) in [5.74, 6) is -0.450. The van der Waals surface area contributed by atoms with E-state index in [0.29, 0.717) is 28.9 Å². The van der Waals surface area contributed by atoms with E-state index in [0.717, 1.165) is 16.8 Å². The predicted octanol–water partition coefficient (Wildman–Crippen LogP) is 4.71. The van der Waals surface area contributed by atoms with E-state index in [-0.39, 0.29) is 12.4 Å². The molecule has 7 nitrogen and oxygen atoms in total. The van der Waals surface area contributed by atoms with Crippen LogP contribution in [0, 0.1) is 12.7 Å². The van der Waals surface area contributed by atoms with E-state index in [4.69, 9.17) is 14.2 Å². The summed E-state index contributed by atoms with van der Waals surface area (Å²) in [6.07, 6.45) is 0.704. The number of carbonyl (C=O) groups excluding carboxylic acids is 1. The first-order valence-electron chi connectivity index (χ1n) is 10.4. The maximum atomic E-state index is 13.3. The molecule has 0 bridgehead atoms. The third kappa shape index (κ3) is 4.85. The fourth-order valence-corrected chi connectivity index (χ4v) is 3.80. The first-order valence-corrected chi connectivity index (χ1v) is 10.4. The quantitative estimate of drug-likeness (QED) is 0.286. The third-order valence-electron chi connectivity index (χ3n) is 5.34. The Labute approximate surface area is 190 Å². The summed E-state index contributed by atoms with van der Waals surface area (Å²) in [6.45, 7) is 3.99. The van der Waals surface area contributed by atoms with Crippen LogP contribution in [0.3, 0.4) is 0 Å². The number of ether oxygens (including phenoxy) is 3. The van der Waals surface area contributed by atoms with Gasteiger partial charge >= 0.3 is 5.97 Å². The molecule has 1 atom stereocenters. The lowest BCUT2D eigenvalue weighted by Gasteiger charge is -2.16. The molecule has 4 rings (SSSR count). The minimum Gasteiger partial charge on any atom is -0.470 e. The lowest BCUT2D eigenvalue weighted by Crippen LogP contribution is -2.12. The van der Waals surface area contributed by atoms with Crippen LogP contribution >= 0.6 is 0 Å². The van der Waals surface area contributed by atoms with Gasteiger partial charge in [-0.15, -0.1) is 5.10 Å². The monoisotopic (exact) mass is 449 g/mol. The summed E-state index contributed by atoms with van der Waals surface area (Å²) < 4.78 is 32.2. The van der Waals surface area contributed by atoms with Gasteiger partial charge in [-0.25, -0.2) is 4.39 Å². The summed E-state index contributed by atoms with van der Waals surface area (Å²) in [5.41, 5.74) is 4.09. The molecule has 0 N–H and O–H groups in total. The van der Waals surface area contributed by atoms with Gasteiger partial charge in [-0.05, 0) is 30.2 Å². The molecule has 1 unspecified atom stereocenters. The number of benzene rings is 2. The number of methoxy groups -OCH3 is 1. The number of nitrogens with zero attached hydrogens (tertiary/aromatic N) is 3. The molecule has 0 fully saturated rings. The van der Waals surface area contributed by atoms with Gasteiger partial charge in [0, 0.05) is 31.7 Å². The predicted molar refractivity (Wildman–Crippen MR) is 120 cm³/mol. The molecule has 170 valence electrons. The van der Waals surface area contributed by atoms with Gasteiger partial charge < -0.3 is 18.8 Å². The van der Waals surface area contributed by atoms with Crippen molar-refractivity contribution in [3.05, 3.63) is 89.0 Å². The first-order chi connectivity index (χ1) is 16.0. The summed E-state index contributed by atoms with van der Waals surface area (Å²) in [4.78, 5) is 11.7. The first kappa shape index (κ1) is 22.4. The van der Waals surface area contributed by atoms with Crippen LogP contribution < -0.4 is 4.74 Å². The van der Waals surface area contributed by atoms with E-state index in [1.165, 1.54) is 26.2 Å². The van der Waals surface area contributed by atoms with Crippen LogP contribution in [-0.4, -0.2) is 27.8 Å². The average Bonchev–Trinajstić information content (AvgIpc) is 3.09. The molecule has 0 amide bonds. The number of rotatable bonds is 8. The van der Waals surface area contributed by atoms with Gasteiger partial charge in [0.2, 0.25) is 6.29 Å². The number of aromatic nitrogens is 3. The molecule has 0 radical (unpaired) electrons. The van der Waals surface area contributed by atoms with Crippen molar-refractivity contribution >= 4 is 16.9 Å². The lowest BCUT2D eigenvalue weighted by atomic mass is 10.1. The van der Waals surface area contributed by atoms with Gasteiger partial charge in [-0.3, -0.25) is 4.79 Å². The molecule has 2 heterocycles. The number of esters is 1. The molecule has 8 heteroatoms. The molecule has 0 aliphatic carbocycles. The van der Waals surface area contributed by atoms with E-state index in [9.17, 15) is 9.18 Å². The Hall–Kier alpha value is -3.78. The highest BCUT2D eigenvalue weighted by Crippen LogP contribution is 2.36. The Morgan fingerprint density at radius 3 is 2.48 bits per heavy atom. The minimum atomic E-state index is -0.906. The van der Waals surface area contributed by atoms with Crippen LogP contribution in [0.1, 0.15) is 35.6 Å². The van der Waals surface area contributed by atoms with Crippen molar-refractivity contribution in [1.29, 1.82) is 0 Å². The molecule has 0 spiro atoms. The van der Waals surface area contributed by atoms with Gasteiger partial charge in [0.15, 0.2) is 0 Å². The zero-order valence-electron chi connectivity index (χ0n) is 18.6. The van der Waals surface area contributed by atoms with Crippen molar-refractivity contribution in [3.8, 4) is 5.88 Å². The number of fused-ring (bicyclic) bond motifs is 1. The van der Waals surface area contributed by atoms with Crippen LogP contribution in [0.4, 0.5) is 4.39 Å². The Morgan fingerprint density at radius 1 is 1.09 bits per heavy atom. The maximum absolute atomic E-state index is 13.3. The molecule has 0 saturated carbocycles. The van der Waals surface area contributed by atoms with Gasteiger partial charge in [-0.2, -0.15) is 5.10 Å². The molecule has 2 aromatic carbocycles. The minimum absolute atomic E-state index is 0.191. The Morgan fingerprint density at radius 2 is 1.82 bits per heavy atom. The van der Waals surface area contributed by atoms with Crippen molar-refractivity contribution in [2.45, 2.75) is 33.3 Å². The molecule has 2 aromatic heterocycles. The SMILES string of the molecule is COC(OC(C)=O)c1c(C)n(Cc2ccccc2)c2c(OCc3ccc(F)cc3)nncc12. The highest BCUT2D eigenvalue weighted by atomic mass is 19.1. The maximum Gasteiger partial charge on any atom is 0.305 e. The largest absolute Gasteiger partial charge is 0.470 e. The molecule has 0 saturated heterocycles. The zero-order valence-corrected chi connectivity index (χ0v) is 18.6. The third-order valence-corrected chi connectivity index (χ3v) is 5.34. The molecule has 0 aliphatic rings. The van der Waals surface area contributed by atoms with E-state index >= 15 is 0 Å². The zero-order chi connectivity index (χ0) is 23.4. The van der Waals surface area contributed by atoms with Crippen molar-refractivity contribution < 1.29 is 23.4 Å². The number of carbonyl (C=O) groups is 1. The van der Waals surface area contributed by atoms with Gasteiger partial charge in [0.05, 0.1) is 11.8 Å². The standard InChI is InChI=1S/C25H24FN3O4/c1-16-22(25(31-3)33-17(2)30)21-13-27-28-24(32-15-19-9-11-20(26)12-10-19)23(21)29(16)14-18-7-5-4-6-8-18/h4-13,25H,14-15H2,1-3H3. The van der Waals surface area contributed by atoms with E-state index in [2.05, 4.69) is 10.2 Å². The molecule has 33 heavy (non-hydrogen) atoms. The van der Waals surface area contributed by atoms with Crippen LogP contribution in [-0.2, 0) is 27.4 Å².